The van der Waals surface area contributed by atoms with Crippen molar-refractivity contribution in [2.24, 2.45) is 0 Å². The average molecular weight is 180 g/mol. The Kier molecular flexibility index (Phi) is 3.41. The van der Waals surface area contributed by atoms with Gasteiger partial charge in [-0.1, -0.05) is 43.0 Å². The normalized spacial score (nSPS) is 10.1. The topological polar surface area (TPSA) is 26.3 Å². The van der Waals surface area contributed by atoms with E-state index in [-0.39, 0.29) is 0 Å². The molecule has 2 nitrogen and oxygen atoms in total. The molecule has 62 valence electrons. The van der Waals surface area contributed by atoms with E-state index in [0.29, 0.717) is 0 Å². The van der Waals surface area contributed by atoms with Gasteiger partial charge in [-0.15, -0.1) is 0 Å². The van der Waals surface area contributed by atoms with Crippen LogP contribution in [0.4, 0.5) is 4.79 Å². The zero-order chi connectivity index (χ0) is 8.81. The molecule has 0 heterocycles. The van der Waals surface area contributed by atoms with Gasteiger partial charge >= 0.3 is 5.30 Å². The van der Waals surface area contributed by atoms with E-state index in [4.69, 9.17) is 0 Å². The van der Waals surface area contributed by atoms with Gasteiger partial charge in [-0.05, 0) is 11.6 Å². The van der Waals surface area contributed by atoms with Crippen LogP contribution in [0.5, 0.6) is 0 Å². The maximum Gasteiger partial charge on any atom is 0.369 e. The van der Waals surface area contributed by atoms with Crippen LogP contribution in [0, 0.1) is 0 Å². The summed E-state index contributed by atoms with van der Waals surface area (Å²) in [5, 5.41) is -0.609. The third-order valence-electron chi connectivity index (χ3n) is 1.23. The molecule has 0 radical (unpaired) electrons. The van der Waals surface area contributed by atoms with Crippen LogP contribution in [-0.2, 0) is 4.74 Å². The molecule has 0 aliphatic carbocycles. The minimum Gasteiger partial charge on any atom is -0.427 e. The number of thiol groups is 1. The van der Waals surface area contributed by atoms with Crippen molar-refractivity contribution < 1.29 is 9.53 Å². The lowest BCUT2D eigenvalue weighted by Crippen LogP contribution is -1.82. The van der Waals surface area contributed by atoms with Crippen molar-refractivity contribution in [2.45, 2.75) is 0 Å². The zero-order valence-electron chi connectivity index (χ0n) is 6.31. The fraction of sp³-hybridized carbons (Fsp3) is 0. The van der Waals surface area contributed by atoms with Crippen LogP contribution in [0.2, 0.25) is 0 Å². The number of ether oxygens (including phenoxy) is 1. The number of hydrogen-bond donors (Lipinski definition) is 1. The Bertz CT molecular complexity index is 280. The van der Waals surface area contributed by atoms with Crippen molar-refractivity contribution in [1.29, 1.82) is 0 Å². The minimum atomic E-state index is -0.609. The fourth-order valence-corrected chi connectivity index (χ4v) is 0.796. The van der Waals surface area contributed by atoms with E-state index in [1.54, 1.807) is 6.08 Å². The summed E-state index contributed by atoms with van der Waals surface area (Å²) in [4.78, 5) is 10.2. The first-order chi connectivity index (χ1) is 5.79. The van der Waals surface area contributed by atoms with Gasteiger partial charge in [-0.2, -0.15) is 0 Å². The molecule has 0 fully saturated rings. The molecule has 0 bridgehead atoms. The first-order valence-electron chi connectivity index (χ1n) is 3.40. The number of hydrogen-bond acceptors (Lipinski definition) is 2. The zero-order valence-corrected chi connectivity index (χ0v) is 7.20. The molecule has 0 aliphatic heterocycles. The molecule has 1 aromatic carbocycles. The molecule has 0 atom stereocenters. The minimum absolute atomic E-state index is 0.609. The highest BCUT2D eigenvalue weighted by Gasteiger charge is 1.86. The molecule has 0 unspecified atom stereocenters. The summed E-state index contributed by atoms with van der Waals surface area (Å²) in [6, 6.07) is 9.54. The highest BCUT2D eigenvalue weighted by atomic mass is 32.1. The van der Waals surface area contributed by atoms with Crippen LogP contribution in [0.15, 0.2) is 36.6 Å². The standard InChI is InChI=1S/C9H8O2S/c10-9(12)11-7-6-8-4-2-1-3-5-8/h1-7H,(H,10,12). The second kappa shape index (κ2) is 4.62. The third-order valence-corrected chi connectivity index (χ3v) is 1.33. The molecule has 0 aliphatic rings. The lowest BCUT2D eigenvalue weighted by Gasteiger charge is -1.91. The Balaban J connectivity index is 2.52. The molecular weight excluding hydrogens is 172 g/mol. The van der Waals surface area contributed by atoms with Crippen molar-refractivity contribution in [3.63, 3.8) is 0 Å². The van der Waals surface area contributed by atoms with Crippen molar-refractivity contribution in [3.05, 3.63) is 42.2 Å². The van der Waals surface area contributed by atoms with Gasteiger partial charge in [-0.3, -0.25) is 0 Å². The van der Waals surface area contributed by atoms with Crippen LogP contribution in [0.25, 0.3) is 6.08 Å². The van der Waals surface area contributed by atoms with E-state index in [9.17, 15) is 4.79 Å². The highest BCUT2D eigenvalue weighted by Crippen LogP contribution is 2.01. The lowest BCUT2D eigenvalue weighted by molar-refractivity contribution is 0.215. The third kappa shape index (κ3) is 3.25. The summed E-state index contributed by atoms with van der Waals surface area (Å²) in [6.07, 6.45) is 3.00. The predicted molar refractivity (Wildman–Crippen MR) is 50.9 cm³/mol. The first kappa shape index (κ1) is 8.87. The van der Waals surface area contributed by atoms with Gasteiger partial charge in [0.2, 0.25) is 0 Å². The second-order valence-electron chi connectivity index (χ2n) is 2.10. The quantitative estimate of drug-likeness (QED) is 0.430. The number of rotatable bonds is 2. The Morgan fingerprint density at radius 1 is 1.33 bits per heavy atom. The first-order valence-corrected chi connectivity index (χ1v) is 3.85. The molecule has 3 heteroatoms. The number of carbonyl (C=O) groups excluding carboxylic acids is 1. The highest BCUT2D eigenvalue weighted by molar-refractivity contribution is 7.96. The van der Waals surface area contributed by atoms with Crippen molar-refractivity contribution in [2.75, 3.05) is 0 Å². The molecule has 1 rings (SSSR count). The van der Waals surface area contributed by atoms with E-state index in [1.807, 2.05) is 30.3 Å². The Hall–Kier alpha value is -1.22. The van der Waals surface area contributed by atoms with Crippen LogP contribution >= 0.6 is 12.6 Å². The maximum atomic E-state index is 10.2. The average Bonchev–Trinajstić information content (AvgIpc) is 2.05. The van der Waals surface area contributed by atoms with Gasteiger partial charge in [0.15, 0.2) is 0 Å². The van der Waals surface area contributed by atoms with Crippen LogP contribution in [-0.4, -0.2) is 5.30 Å². The summed E-state index contributed by atoms with van der Waals surface area (Å²) in [7, 11) is 0. The van der Waals surface area contributed by atoms with E-state index >= 15 is 0 Å². The molecule has 0 aromatic heterocycles. The second-order valence-corrected chi connectivity index (χ2v) is 2.46. The molecule has 12 heavy (non-hydrogen) atoms. The Morgan fingerprint density at radius 2 is 2.00 bits per heavy atom. The van der Waals surface area contributed by atoms with E-state index in [0.717, 1.165) is 5.56 Å². The number of benzene rings is 1. The molecule has 0 saturated heterocycles. The van der Waals surface area contributed by atoms with Gasteiger partial charge in [0.1, 0.15) is 0 Å². The number of carbonyl (C=O) groups is 1. The van der Waals surface area contributed by atoms with Gasteiger partial charge in [0.25, 0.3) is 0 Å². The molecule has 1 aromatic rings. The molecule has 0 amide bonds. The van der Waals surface area contributed by atoms with Gasteiger partial charge < -0.3 is 4.74 Å². The van der Waals surface area contributed by atoms with Gasteiger partial charge in [0.05, 0.1) is 6.26 Å². The SMILES string of the molecule is O=C(S)OC=Cc1ccccc1. The largest absolute Gasteiger partial charge is 0.427 e. The van der Waals surface area contributed by atoms with E-state index in [1.165, 1.54) is 6.26 Å². The Labute approximate surface area is 76.3 Å². The predicted octanol–water partition coefficient (Wildman–Crippen LogP) is 2.72. The molecular formula is C9H8O2S. The van der Waals surface area contributed by atoms with E-state index < -0.39 is 5.30 Å². The van der Waals surface area contributed by atoms with Crippen LogP contribution < -0.4 is 0 Å². The summed E-state index contributed by atoms with van der Waals surface area (Å²) >= 11 is 3.43. The smallest absolute Gasteiger partial charge is 0.369 e. The summed E-state index contributed by atoms with van der Waals surface area (Å²) in [5.74, 6) is 0. The Morgan fingerprint density at radius 3 is 2.58 bits per heavy atom. The van der Waals surface area contributed by atoms with Crippen LogP contribution in [0.3, 0.4) is 0 Å². The van der Waals surface area contributed by atoms with Crippen LogP contribution in [0.1, 0.15) is 5.56 Å². The summed E-state index contributed by atoms with van der Waals surface area (Å²) in [5.41, 5.74) is 0.979. The fourth-order valence-electron chi connectivity index (χ4n) is 0.735. The van der Waals surface area contributed by atoms with Gasteiger partial charge in [0, 0.05) is 0 Å². The molecule has 0 spiro atoms. The van der Waals surface area contributed by atoms with E-state index in [2.05, 4.69) is 17.4 Å². The van der Waals surface area contributed by atoms with Gasteiger partial charge in [-0.25, -0.2) is 4.79 Å². The van der Waals surface area contributed by atoms with Crippen molar-refractivity contribution >= 4 is 24.0 Å². The lowest BCUT2D eigenvalue weighted by atomic mass is 10.2. The van der Waals surface area contributed by atoms with Crippen molar-refractivity contribution in [3.8, 4) is 0 Å². The van der Waals surface area contributed by atoms with Crippen molar-refractivity contribution in [1.82, 2.24) is 0 Å². The monoisotopic (exact) mass is 180 g/mol. The summed E-state index contributed by atoms with van der Waals surface area (Å²) in [6.45, 7) is 0. The molecule has 0 N–H and O–H groups in total. The summed E-state index contributed by atoms with van der Waals surface area (Å²) < 4.78 is 4.49. The maximum absolute atomic E-state index is 10.2. The molecule has 0 saturated carbocycles.